The molecule has 26 heavy (non-hydrogen) atoms. The fourth-order valence-electron chi connectivity index (χ4n) is 2.84. The molecule has 1 heterocycles. The molecule has 5 nitrogen and oxygen atoms in total. The molecular weight excluding hydrogens is 350 g/mol. The van der Waals surface area contributed by atoms with Gasteiger partial charge in [-0.3, -0.25) is 4.79 Å². The van der Waals surface area contributed by atoms with Crippen molar-refractivity contribution in [1.29, 1.82) is 0 Å². The second kappa shape index (κ2) is 8.06. The van der Waals surface area contributed by atoms with Crippen molar-refractivity contribution in [1.82, 2.24) is 14.9 Å². The average Bonchev–Trinajstić information content (AvgIpc) is 3.02. The van der Waals surface area contributed by atoms with Crippen LogP contribution in [0.15, 0.2) is 48.5 Å². The third-order valence-corrected chi connectivity index (χ3v) is 4.31. The number of hydrogen-bond donors (Lipinski definition) is 1. The number of carbonyl (C=O) groups excluding carboxylic acids is 1. The average molecular weight is 370 g/mol. The highest BCUT2D eigenvalue weighted by Gasteiger charge is 2.09. The zero-order valence-corrected chi connectivity index (χ0v) is 15.5. The molecule has 2 aromatic carbocycles. The molecule has 1 N–H and O–H groups in total. The van der Waals surface area contributed by atoms with E-state index in [0.717, 1.165) is 29.0 Å². The number of para-hydroxylation sites is 2. The summed E-state index contributed by atoms with van der Waals surface area (Å²) in [6.07, 6.45) is 3.15. The van der Waals surface area contributed by atoms with E-state index in [2.05, 4.69) is 21.8 Å². The summed E-state index contributed by atoms with van der Waals surface area (Å²) in [7, 11) is 1.58. The second-order valence-electron chi connectivity index (χ2n) is 5.70. The Morgan fingerprint density at radius 3 is 2.88 bits per heavy atom. The molecule has 3 rings (SSSR count). The van der Waals surface area contributed by atoms with Gasteiger partial charge in [0.1, 0.15) is 11.6 Å². The molecule has 0 aliphatic carbocycles. The van der Waals surface area contributed by atoms with Gasteiger partial charge < -0.3 is 14.6 Å². The summed E-state index contributed by atoms with van der Waals surface area (Å²) in [5.41, 5.74) is 2.74. The predicted octanol–water partition coefficient (Wildman–Crippen LogP) is 4.05. The number of nitrogens with zero attached hydrogens (tertiary/aromatic N) is 2. The lowest BCUT2D eigenvalue weighted by atomic mass is 10.2. The van der Waals surface area contributed by atoms with Gasteiger partial charge in [-0.05, 0) is 43.3 Å². The second-order valence-corrected chi connectivity index (χ2v) is 6.13. The molecule has 3 aromatic rings. The number of aryl methyl sites for hydroxylation is 1. The first-order chi connectivity index (χ1) is 12.6. The highest BCUT2D eigenvalue weighted by Crippen LogP contribution is 2.23. The maximum atomic E-state index is 12.2. The van der Waals surface area contributed by atoms with Crippen LogP contribution in [-0.2, 0) is 17.9 Å². The zero-order chi connectivity index (χ0) is 18.5. The van der Waals surface area contributed by atoms with Crippen molar-refractivity contribution in [2.45, 2.75) is 20.0 Å². The minimum absolute atomic E-state index is 0.207. The van der Waals surface area contributed by atoms with Gasteiger partial charge in [0.25, 0.3) is 0 Å². The van der Waals surface area contributed by atoms with Crippen LogP contribution in [0.1, 0.15) is 18.3 Å². The third kappa shape index (κ3) is 3.89. The number of imidazole rings is 1. The van der Waals surface area contributed by atoms with E-state index in [4.69, 9.17) is 16.3 Å². The van der Waals surface area contributed by atoms with Crippen molar-refractivity contribution >= 4 is 34.6 Å². The Balaban J connectivity index is 1.71. The summed E-state index contributed by atoms with van der Waals surface area (Å²) in [5, 5.41) is 3.46. The Labute approximate surface area is 157 Å². The monoisotopic (exact) mass is 369 g/mol. The number of aromatic nitrogens is 2. The summed E-state index contributed by atoms with van der Waals surface area (Å²) in [6.45, 7) is 3.21. The summed E-state index contributed by atoms with van der Waals surface area (Å²) >= 11 is 6.00. The molecule has 0 bridgehead atoms. The molecule has 0 atom stereocenters. The number of benzene rings is 2. The molecular formula is C20H20ClN3O2. The van der Waals surface area contributed by atoms with E-state index >= 15 is 0 Å². The van der Waals surface area contributed by atoms with E-state index in [-0.39, 0.29) is 5.91 Å². The maximum absolute atomic E-state index is 12.2. The first-order valence-electron chi connectivity index (χ1n) is 8.36. The molecule has 6 heteroatoms. The van der Waals surface area contributed by atoms with Gasteiger partial charge in [-0.25, -0.2) is 4.98 Å². The van der Waals surface area contributed by atoms with Crippen molar-refractivity contribution in [3.8, 4) is 5.75 Å². The number of halogens is 1. The molecule has 0 fully saturated rings. The van der Waals surface area contributed by atoms with Crippen LogP contribution in [0.4, 0.5) is 0 Å². The summed E-state index contributed by atoms with van der Waals surface area (Å²) in [4.78, 5) is 16.8. The molecule has 0 radical (unpaired) electrons. The lowest BCUT2D eigenvalue weighted by Crippen LogP contribution is -2.22. The largest absolute Gasteiger partial charge is 0.496 e. The van der Waals surface area contributed by atoms with Gasteiger partial charge in [0.15, 0.2) is 0 Å². The fraction of sp³-hybridized carbons (Fsp3) is 0.200. The van der Waals surface area contributed by atoms with Crippen LogP contribution in [0.3, 0.4) is 0 Å². The van der Waals surface area contributed by atoms with Crippen molar-refractivity contribution in [3.05, 3.63) is 65.0 Å². The summed E-state index contributed by atoms with van der Waals surface area (Å²) in [6, 6.07) is 13.2. The molecule has 134 valence electrons. The van der Waals surface area contributed by atoms with Crippen LogP contribution in [-0.4, -0.2) is 22.6 Å². The van der Waals surface area contributed by atoms with Gasteiger partial charge in [0, 0.05) is 23.2 Å². The highest BCUT2D eigenvalue weighted by atomic mass is 35.5. The highest BCUT2D eigenvalue weighted by molar-refractivity contribution is 6.30. The number of hydrogen-bond acceptors (Lipinski definition) is 3. The Bertz CT molecular complexity index is 963. The SMILES string of the molecule is CCn1c(CNC(=O)/C=C/c2cc(Cl)ccc2OC)nc2ccccc21. The van der Waals surface area contributed by atoms with Gasteiger partial charge in [-0.15, -0.1) is 0 Å². The van der Waals surface area contributed by atoms with Crippen LogP contribution in [0.2, 0.25) is 5.02 Å². The van der Waals surface area contributed by atoms with Crippen molar-refractivity contribution in [2.24, 2.45) is 0 Å². The minimum atomic E-state index is -0.207. The zero-order valence-electron chi connectivity index (χ0n) is 14.7. The van der Waals surface area contributed by atoms with Gasteiger partial charge in [0.2, 0.25) is 5.91 Å². The topological polar surface area (TPSA) is 56.2 Å². The molecule has 0 aliphatic heterocycles. The van der Waals surface area contributed by atoms with E-state index in [0.29, 0.717) is 17.3 Å². The first kappa shape index (κ1) is 18.0. The van der Waals surface area contributed by atoms with Crippen LogP contribution >= 0.6 is 11.6 Å². The van der Waals surface area contributed by atoms with E-state index in [1.165, 1.54) is 6.08 Å². The normalized spacial score (nSPS) is 11.2. The van der Waals surface area contributed by atoms with Crippen molar-refractivity contribution < 1.29 is 9.53 Å². The number of carbonyl (C=O) groups is 1. The summed E-state index contributed by atoms with van der Waals surface area (Å²) in [5.74, 6) is 1.28. The van der Waals surface area contributed by atoms with Crippen molar-refractivity contribution in [2.75, 3.05) is 7.11 Å². The van der Waals surface area contributed by atoms with E-state index < -0.39 is 0 Å². The van der Waals surface area contributed by atoms with Crippen LogP contribution < -0.4 is 10.1 Å². The lowest BCUT2D eigenvalue weighted by Gasteiger charge is -2.07. The Morgan fingerprint density at radius 2 is 2.12 bits per heavy atom. The van der Waals surface area contributed by atoms with E-state index in [9.17, 15) is 4.79 Å². The summed E-state index contributed by atoms with van der Waals surface area (Å²) < 4.78 is 7.37. The van der Waals surface area contributed by atoms with E-state index in [1.807, 2.05) is 24.3 Å². The van der Waals surface area contributed by atoms with Crippen LogP contribution in [0.25, 0.3) is 17.1 Å². The number of rotatable bonds is 6. The van der Waals surface area contributed by atoms with E-state index in [1.54, 1.807) is 31.4 Å². The Hall–Kier alpha value is -2.79. The number of fused-ring (bicyclic) bond motifs is 1. The fourth-order valence-corrected chi connectivity index (χ4v) is 3.02. The predicted molar refractivity (Wildman–Crippen MR) is 104 cm³/mol. The third-order valence-electron chi connectivity index (χ3n) is 4.08. The molecule has 0 unspecified atom stereocenters. The number of amides is 1. The smallest absolute Gasteiger partial charge is 0.244 e. The standard InChI is InChI=1S/C20H20ClN3O2/c1-3-24-17-7-5-4-6-16(17)23-19(24)13-22-20(25)11-8-14-12-15(21)9-10-18(14)26-2/h4-12H,3,13H2,1-2H3,(H,22,25)/b11-8+. The molecule has 0 saturated carbocycles. The Kier molecular flexibility index (Phi) is 5.58. The van der Waals surface area contributed by atoms with Crippen molar-refractivity contribution in [3.63, 3.8) is 0 Å². The first-order valence-corrected chi connectivity index (χ1v) is 8.73. The van der Waals surface area contributed by atoms with Crippen LogP contribution in [0.5, 0.6) is 5.75 Å². The van der Waals surface area contributed by atoms with Gasteiger partial charge >= 0.3 is 0 Å². The molecule has 0 spiro atoms. The molecule has 0 saturated heterocycles. The number of nitrogens with one attached hydrogen (secondary N) is 1. The van der Waals surface area contributed by atoms with Gasteiger partial charge in [-0.2, -0.15) is 0 Å². The van der Waals surface area contributed by atoms with Gasteiger partial charge in [-0.1, -0.05) is 23.7 Å². The minimum Gasteiger partial charge on any atom is -0.496 e. The quantitative estimate of drug-likeness (QED) is 0.667. The molecule has 0 aliphatic rings. The van der Waals surface area contributed by atoms with Crippen LogP contribution in [0, 0.1) is 0 Å². The lowest BCUT2D eigenvalue weighted by molar-refractivity contribution is -0.116. The molecule has 1 aromatic heterocycles. The number of ether oxygens (including phenoxy) is 1. The maximum Gasteiger partial charge on any atom is 0.244 e. The number of methoxy groups -OCH3 is 1. The van der Waals surface area contributed by atoms with Gasteiger partial charge in [0.05, 0.1) is 24.7 Å². The Morgan fingerprint density at radius 1 is 1.31 bits per heavy atom. The molecule has 1 amide bonds.